The van der Waals surface area contributed by atoms with Gasteiger partial charge in [-0.2, -0.15) is 15.8 Å². The van der Waals surface area contributed by atoms with Gasteiger partial charge in [-0.1, -0.05) is 33.6 Å². The van der Waals surface area contributed by atoms with Gasteiger partial charge in [0.1, 0.15) is 61.4 Å². The fourth-order valence-electron chi connectivity index (χ4n) is 2.66. The van der Waals surface area contributed by atoms with Gasteiger partial charge < -0.3 is 23.7 Å². The van der Waals surface area contributed by atoms with Crippen molar-refractivity contribution in [2.24, 2.45) is 10.8 Å². The van der Waals surface area contributed by atoms with Crippen molar-refractivity contribution in [1.29, 1.82) is 15.8 Å². The lowest BCUT2D eigenvalue weighted by Gasteiger charge is -2.35. The van der Waals surface area contributed by atoms with Crippen LogP contribution in [-0.2, 0) is 42.9 Å². The highest BCUT2D eigenvalue weighted by Crippen LogP contribution is 2.29. The third-order valence-corrected chi connectivity index (χ3v) is 5.57. The number of nitriles is 3. The second-order valence-corrected chi connectivity index (χ2v) is 8.48. The van der Waals surface area contributed by atoms with E-state index in [2.05, 4.69) is 19.7 Å². The minimum absolute atomic E-state index is 0.122. The number of carbonyl (C=O) groups excluding carboxylic acids is 4. The Bertz CT molecular complexity index is 1030. The largest absolute Gasteiger partial charge is 0.465 e. The van der Waals surface area contributed by atoms with Gasteiger partial charge in [-0.3, -0.25) is 4.79 Å². The van der Waals surface area contributed by atoms with Crippen molar-refractivity contribution in [2.75, 3.05) is 39.6 Å². The number of rotatable bonds is 17. The number of hydrogen-bond acceptors (Lipinski definition) is 12. The van der Waals surface area contributed by atoms with Crippen molar-refractivity contribution in [1.82, 2.24) is 0 Å². The minimum atomic E-state index is -1.12. The second-order valence-electron chi connectivity index (χ2n) is 8.48. The van der Waals surface area contributed by atoms with E-state index in [1.807, 2.05) is 0 Å². The molecule has 0 heterocycles. The molecule has 0 rings (SSSR count). The SMILES string of the molecule is C=C(C#N)C(=O)OCC(CC)(COCC(CC)(COC(=O)C(=C)C#N)COC(=O)C(=C)C#N)COC(C)=O. The van der Waals surface area contributed by atoms with E-state index in [0.717, 1.165) is 0 Å². The molecule has 0 aliphatic rings. The molecule has 204 valence electrons. The second kappa shape index (κ2) is 16.3. The van der Waals surface area contributed by atoms with Crippen LogP contribution in [0.15, 0.2) is 36.5 Å². The Balaban J connectivity index is 5.80. The molecule has 0 saturated carbocycles. The average molecular weight is 530 g/mol. The standard InChI is InChI=1S/C26H31N3O9/c1-7-25(14-35-21(6)30,15-36-22(31)18(3)9-27)12-34-13-26(8-2,16-37-23(32)19(4)10-28)17-38-24(33)20(5)11-29/h3-5,7-8,12-17H2,1-2,6H3. The number of nitrogens with zero attached hydrogens (tertiary/aromatic N) is 3. The maximum absolute atomic E-state index is 12.0. The van der Waals surface area contributed by atoms with Gasteiger partial charge in [0.05, 0.1) is 24.0 Å². The first-order chi connectivity index (χ1) is 17.8. The van der Waals surface area contributed by atoms with Crippen LogP contribution in [0.4, 0.5) is 0 Å². The van der Waals surface area contributed by atoms with Crippen LogP contribution >= 0.6 is 0 Å². The van der Waals surface area contributed by atoms with Crippen LogP contribution in [0.25, 0.3) is 0 Å². The van der Waals surface area contributed by atoms with E-state index in [-0.39, 0.29) is 46.1 Å². The number of ether oxygens (including phenoxy) is 5. The summed E-state index contributed by atoms with van der Waals surface area (Å²) in [6.45, 7) is 13.1. The molecule has 0 aromatic rings. The highest BCUT2D eigenvalue weighted by Gasteiger charge is 2.37. The molecule has 0 spiro atoms. The Morgan fingerprint density at radius 1 is 0.605 bits per heavy atom. The zero-order valence-electron chi connectivity index (χ0n) is 21.8. The van der Waals surface area contributed by atoms with Gasteiger partial charge in [-0.15, -0.1) is 0 Å². The summed E-state index contributed by atoms with van der Waals surface area (Å²) in [6, 6.07) is 4.75. The van der Waals surface area contributed by atoms with Gasteiger partial charge in [0.15, 0.2) is 0 Å². The molecule has 1 unspecified atom stereocenters. The quantitative estimate of drug-likeness (QED) is 0.116. The van der Waals surface area contributed by atoms with Crippen LogP contribution in [0.1, 0.15) is 33.6 Å². The number of hydrogen-bond donors (Lipinski definition) is 0. The molecular weight excluding hydrogens is 498 g/mol. The molecule has 12 nitrogen and oxygen atoms in total. The monoisotopic (exact) mass is 529 g/mol. The third kappa shape index (κ3) is 11.1. The Morgan fingerprint density at radius 2 is 0.895 bits per heavy atom. The van der Waals surface area contributed by atoms with Gasteiger partial charge in [0, 0.05) is 6.92 Å². The molecule has 0 bridgehead atoms. The van der Waals surface area contributed by atoms with Gasteiger partial charge in [0.2, 0.25) is 0 Å². The maximum Gasteiger partial charge on any atom is 0.348 e. The summed E-state index contributed by atoms with van der Waals surface area (Å²) in [4.78, 5) is 47.4. The Hall–Kier alpha value is -4.47. The maximum atomic E-state index is 12.0. The van der Waals surface area contributed by atoms with Crippen molar-refractivity contribution in [2.45, 2.75) is 33.6 Å². The van der Waals surface area contributed by atoms with Crippen LogP contribution < -0.4 is 0 Å². The topological polar surface area (TPSA) is 186 Å². The smallest absolute Gasteiger partial charge is 0.348 e. The van der Waals surface area contributed by atoms with E-state index in [4.69, 9.17) is 39.5 Å². The summed E-state index contributed by atoms with van der Waals surface area (Å²) < 4.78 is 26.6. The zero-order valence-corrected chi connectivity index (χ0v) is 21.8. The van der Waals surface area contributed by atoms with Crippen molar-refractivity contribution in [3.05, 3.63) is 36.5 Å². The molecule has 0 aliphatic heterocycles. The summed E-state index contributed by atoms with van der Waals surface area (Å²) in [5.41, 5.74) is -3.41. The van der Waals surface area contributed by atoms with Gasteiger partial charge >= 0.3 is 23.9 Å². The zero-order chi connectivity index (χ0) is 29.4. The van der Waals surface area contributed by atoms with Crippen LogP contribution in [0.3, 0.4) is 0 Å². The summed E-state index contributed by atoms with van der Waals surface area (Å²) in [5, 5.41) is 26.6. The Labute approximate surface area is 221 Å². The molecule has 0 amide bonds. The molecule has 1 atom stereocenters. The first kappa shape index (κ1) is 33.5. The highest BCUT2D eigenvalue weighted by molar-refractivity contribution is 5.92. The van der Waals surface area contributed by atoms with E-state index in [1.54, 1.807) is 32.1 Å². The Morgan fingerprint density at radius 3 is 1.13 bits per heavy atom. The van der Waals surface area contributed by atoms with Crippen LogP contribution in [0.5, 0.6) is 0 Å². The lowest BCUT2D eigenvalue weighted by molar-refractivity contribution is -0.159. The molecule has 0 saturated heterocycles. The third-order valence-electron chi connectivity index (χ3n) is 5.57. The number of esters is 4. The predicted molar refractivity (Wildman–Crippen MR) is 130 cm³/mol. The van der Waals surface area contributed by atoms with Crippen molar-refractivity contribution in [3.8, 4) is 18.2 Å². The van der Waals surface area contributed by atoms with Crippen LogP contribution in [-0.4, -0.2) is 63.5 Å². The van der Waals surface area contributed by atoms with E-state index in [1.165, 1.54) is 6.92 Å². The molecular formula is C26H31N3O9. The van der Waals surface area contributed by atoms with E-state index >= 15 is 0 Å². The molecule has 0 aromatic carbocycles. The molecule has 0 aromatic heterocycles. The predicted octanol–water partition coefficient (Wildman–Crippen LogP) is 2.23. The summed E-state index contributed by atoms with van der Waals surface area (Å²) in [5.74, 6) is -3.46. The fraction of sp³-hybridized carbons (Fsp3) is 0.500. The first-order valence-electron chi connectivity index (χ1n) is 11.3. The number of carbonyl (C=O) groups is 4. The van der Waals surface area contributed by atoms with Crippen molar-refractivity contribution in [3.63, 3.8) is 0 Å². The molecule has 12 heteroatoms. The Kier molecular flexibility index (Phi) is 14.4. The summed E-state index contributed by atoms with van der Waals surface area (Å²) in [7, 11) is 0. The first-order valence-corrected chi connectivity index (χ1v) is 11.3. The molecule has 0 radical (unpaired) electrons. The van der Waals surface area contributed by atoms with E-state index < -0.39 is 51.4 Å². The van der Waals surface area contributed by atoms with E-state index in [9.17, 15) is 19.2 Å². The lowest BCUT2D eigenvalue weighted by Crippen LogP contribution is -2.42. The van der Waals surface area contributed by atoms with Crippen LogP contribution in [0, 0.1) is 44.8 Å². The molecule has 0 aliphatic carbocycles. The normalized spacial score (nSPS) is 11.8. The van der Waals surface area contributed by atoms with Gasteiger partial charge in [-0.25, -0.2) is 14.4 Å². The van der Waals surface area contributed by atoms with Crippen LogP contribution in [0.2, 0.25) is 0 Å². The summed E-state index contributed by atoms with van der Waals surface area (Å²) >= 11 is 0. The van der Waals surface area contributed by atoms with Gasteiger partial charge in [-0.05, 0) is 12.8 Å². The van der Waals surface area contributed by atoms with Gasteiger partial charge in [0.25, 0.3) is 0 Å². The van der Waals surface area contributed by atoms with Crippen molar-refractivity contribution < 1.29 is 42.9 Å². The molecule has 0 fully saturated rings. The highest BCUT2D eigenvalue weighted by atomic mass is 16.6. The molecule has 38 heavy (non-hydrogen) atoms. The minimum Gasteiger partial charge on any atom is -0.465 e. The summed E-state index contributed by atoms with van der Waals surface area (Å²) in [6.07, 6.45) is 0.575. The molecule has 0 N–H and O–H groups in total. The lowest BCUT2D eigenvalue weighted by atomic mass is 9.86. The van der Waals surface area contributed by atoms with Crippen molar-refractivity contribution >= 4 is 23.9 Å². The fourth-order valence-corrected chi connectivity index (χ4v) is 2.66. The average Bonchev–Trinajstić information content (AvgIpc) is 2.93. The van der Waals surface area contributed by atoms with E-state index in [0.29, 0.717) is 6.42 Å².